The molecule has 0 bridgehead atoms. The number of piperidine rings is 1. The number of carbonyl (C=O) groups is 2. The Hall–Kier alpha value is -2.11. The third-order valence-electron chi connectivity index (χ3n) is 6.02. The Morgan fingerprint density at radius 3 is 2.39 bits per heavy atom. The summed E-state index contributed by atoms with van der Waals surface area (Å²) in [4.78, 5) is 24.2. The molecule has 2 N–H and O–H groups in total. The van der Waals surface area contributed by atoms with Crippen LogP contribution in [0.5, 0.6) is 0 Å². The van der Waals surface area contributed by atoms with Gasteiger partial charge < -0.3 is 15.1 Å². The van der Waals surface area contributed by atoms with Crippen molar-refractivity contribution in [2.45, 2.75) is 31.1 Å². The van der Waals surface area contributed by atoms with Gasteiger partial charge in [0.15, 0.2) is 4.87 Å². The second-order valence-electron chi connectivity index (χ2n) is 7.65. The van der Waals surface area contributed by atoms with Crippen molar-refractivity contribution in [3.63, 3.8) is 0 Å². The summed E-state index contributed by atoms with van der Waals surface area (Å²) in [5.41, 5.74) is 2.19. The largest absolute Gasteiger partial charge is 0.480 e. The molecule has 1 aromatic carbocycles. The molecule has 5 nitrogen and oxygen atoms in total. The van der Waals surface area contributed by atoms with Crippen LogP contribution in [0.4, 0.5) is 0 Å². The quantitative estimate of drug-likeness (QED) is 0.710. The highest BCUT2D eigenvalue weighted by Gasteiger charge is 2.47. The van der Waals surface area contributed by atoms with E-state index in [1.807, 2.05) is 18.2 Å². The standard InChI is InChI=1S/C22H26ClNO4/c1-15-19(20(25)26)18(7-11-22(15,23)21(27)28)17-9-13-24(14-10-17)12-8-16-5-3-2-4-6-16/h2-7,11,15,17H,8-10,12-14H2,1H3,(H,25,26)(H,27,28). The smallest absolute Gasteiger partial charge is 0.332 e. The lowest BCUT2D eigenvalue weighted by Crippen LogP contribution is -2.43. The van der Waals surface area contributed by atoms with Gasteiger partial charge in [0, 0.05) is 18.0 Å². The van der Waals surface area contributed by atoms with Crippen molar-refractivity contribution < 1.29 is 19.8 Å². The van der Waals surface area contributed by atoms with Crippen LogP contribution in [0.2, 0.25) is 0 Å². The molecule has 0 spiro atoms. The van der Waals surface area contributed by atoms with Crippen molar-refractivity contribution >= 4 is 23.5 Å². The van der Waals surface area contributed by atoms with Crippen LogP contribution in [0.1, 0.15) is 25.3 Å². The van der Waals surface area contributed by atoms with Gasteiger partial charge in [-0.05, 0) is 49.4 Å². The molecule has 1 fully saturated rings. The van der Waals surface area contributed by atoms with Crippen molar-refractivity contribution in [2.75, 3.05) is 19.6 Å². The van der Waals surface area contributed by atoms with Crippen LogP contribution >= 0.6 is 11.6 Å². The molecule has 150 valence electrons. The van der Waals surface area contributed by atoms with Crippen LogP contribution in [0.3, 0.4) is 0 Å². The number of likely N-dealkylation sites (tertiary alicyclic amines) is 1. The highest BCUT2D eigenvalue weighted by molar-refractivity contribution is 6.36. The molecule has 2 unspecified atom stereocenters. The summed E-state index contributed by atoms with van der Waals surface area (Å²) in [5, 5.41) is 19.2. The maximum Gasteiger partial charge on any atom is 0.332 e. The molecule has 3 rings (SSSR count). The second kappa shape index (κ2) is 8.50. The number of aliphatic carboxylic acids is 2. The molecule has 1 aliphatic carbocycles. The fourth-order valence-corrected chi connectivity index (χ4v) is 4.40. The number of allylic oxidation sites excluding steroid dienone is 2. The van der Waals surface area contributed by atoms with Gasteiger partial charge in [0.2, 0.25) is 0 Å². The van der Waals surface area contributed by atoms with Gasteiger partial charge in [-0.15, -0.1) is 11.6 Å². The Labute approximate surface area is 170 Å². The Bertz CT molecular complexity index is 796. The molecule has 0 aromatic heterocycles. The van der Waals surface area contributed by atoms with Gasteiger partial charge in [0.05, 0.1) is 0 Å². The van der Waals surface area contributed by atoms with Gasteiger partial charge >= 0.3 is 11.9 Å². The van der Waals surface area contributed by atoms with Crippen molar-refractivity contribution in [1.29, 1.82) is 0 Å². The summed E-state index contributed by atoms with van der Waals surface area (Å²) in [7, 11) is 0. The predicted molar refractivity (Wildman–Crippen MR) is 108 cm³/mol. The van der Waals surface area contributed by atoms with Crippen LogP contribution in [-0.2, 0) is 16.0 Å². The van der Waals surface area contributed by atoms with E-state index in [9.17, 15) is 19.8 Å². The van der Waals surface area contributed by atoms with Gasteiger partial charge in [-0.25, -0.2) is 9.59 Å². The number of halogens is 1. The number of hydrogen-bond donors (Lipinski definition) is 2. The van der Waals surface area contributed by atoms with Crippen LogP contribution in [-0.4, -0.2) is 51.6 Å². The van der Waals surface area contributed by atoms with Crippen molar-refractivity contribution in [1.82, 2.24) is 4.90 Å². The zero-order valence-electron chi connectivity index (χ0n) is 16.0. The number of hydrogen-bond acceptors (Lipinski definition) is 3. The van der Waals surface area contributed by atoms with Crippen LogP contribution in [0, 0.1) is 11.8 Å². The molecule has 1 aliphatic heterocycles. The molecule has 0 saturated carbocycles. The number of alkyl halides is 1. The third kappa shape index (κ3) is 4.15. The highest BCUT2D eigenvalue weighted by atomic mass is 35.5. The fraction of sp³-hybridized carbons (Fsp3) is 0.455. The molecule has 2 atom stereocenters. The molecule has 0 radical (unpaired) electrons. The van der Waals surface area contributed by atoms with Gasteiger partial charge in [-0.3, -0.25) is 0 Å². The van der Waals surface area contributed by atoms with Crippen molar-refractivity contribution in [2.24, 2.45) is 11.8 Å². The molecule has 2 aliphatic rings. The van der Waals surface area contributed by atoms with E-state index in [1.54, 1.807) is 13.0 Å². The fourth-order valence-electron chi connectivity index (χ4n) is 4.23. The van der Waals surface area contributed by atoms with E-state index < -0.39 is 22.7 Å². The number of rotatable bonds is 6. The monoisotopic (exact) mass is 403 g/mol. The average Bonchev–Trinajstić information content (AvgIpc) is 2.69. The summed E-state index contributed by atoms with van der Waals surface area (Å²) in [6.07, 6.45) is 5.81. The average molecular weight is 404 g/mol. The van der Waals surface area contributed by atoms with Gasteiger partial charge in [0.1, 0.15) is 0 Å². The Kier molecular flexibility index (Phi) is 6.26. The molecule has 1 aromatic rings. The van der Waals surface area contributed by atoms with E-state index in [2.05, 4.69) is 17.0 Å². The van der Waals surface area contributed by atoms with E-state index >= 15 is 0 Å². The van der Waals surface area contributed by atoms with E-state index in [4.69, 9.17) is 11.6 Å². The minimum atomic E-state index is -1.70. The predicted octanol–water partition coefficient (Wildman–Crippen LogP) is 3.59. The summed E-state index contributed by atoms with van der Waals surface area (Å²) in [5.74, 6) is -2.97. The van der Waals surface area contributed by atoms with Crippen molar-refractivity contribution in [3.8, 4) is 0 Å². The Morgan fingerprint density at radius 1 is 1.18 bits per heavy atom. The van der Waals surface area contributed by atoms with E-state index in [1.165, 1.54) is 11.6 Å². The Balaban J connectivity index is 1.67. The minimum Gasteiger partial charge on any atom is -0.480 e. The molecular weight excluding hydrogens is 378 g/mol. The molecule has 28 heavy (non-hydrogen) atoms. The first kappa shape index (κ1) is 20.6. The van der Waals surface area contributed by atoms with Crippen LogP contribution in [0.25, 0.3) is 0 Å². The lowest BCUT2D eigenvalue weighted by molar-refractivity contribution is -0.140. The number of benzene rings is 1. The number of carboxylic acids is 2. The van der Waals surface area contributed by atoms with Gasteiger partial charge in [-0.2, -0.15) is 0 Å². The maximum absolute atomic E-state index is 11.9. The number of carboxylic acid groups (broad SMARTS) is 2. The maximum atomic E-state index is 11.9. The van der Waals surface area contributed by atoms with E-state index in [0.29, 0.717) is 0 Å². The van der Waals surface area contributed by atoms with Gasteiger partial charge in [0.25, 0.3) is 0 Å². The first-order chi connectivity index (χ1) is 13.3. The topological polar surface area (TPSA) is 77.8 Å². The molecule has 6 heteroatoms. The minimum absolute atomic E-state index is 0.118. The van der Waals surface area contributed by atoms with Crippen LogP contribution in [0.15, 0.2) is 53.6 Å². The van der Waals surface area contributed by atoms with E-state index in [0.717, 1.165) is 44.5 Å². The summed E-state index contributed by atoms with van der Waals surface area (Å²) < 4.78 is 0. The number of nitrogens with zero attached hydrogens (tertiary/aromatic N) is 1. The van der Waals surface area contributed by atoms with Crippen molar-refractivity contribution in [3.05, 3.63) is 59.2 Å². The molecular formula is C22H26ClNO4. The SMILES string of the molecule is CC1C(C(=O)O)=C(C2CCN(CCc3ccccc3)CC2)C=CC1(Cl)C(=O)O. The Morgan fingerprint density at radius 2 is 1.82 bits per heavy atom. The first-order valence-electron chi connectivity index (χ1n) is 9.68. The molecule has 0 amide bonds. The summed E-state index contributed by atoms with van der Waals surface area (Å²) >= 11 is 6.23. The zero-order chi connectivity index (χ0) is 20.3. The van der Waals surface area contributed by atoms with E-state index in [-0.39, 0.29) is 11.5 Å². The summed E-state index contributed by atoms with van der Waals surface area (Å²) in [6, 6.07) is 10.4. The first-order valence-corrected chi connectivity index (χ1v) is 10.1. The lowest BCUT2D eigenvalue weighted by Gasteiger charge is -2.37. The normalized spacial score (nSPS) is 26.4. The highest BCUT2D eigenvalue weighted by Crippen LogP contribution is 2.42. The molecule has 1 saturated heterocycles. The van der Waals surface area contributed by atoms with Gasteiger partial charge in [-0.1, -0.05) is 49.4 Å². The second-order valence-corrected chi connectivity index (χ2v) is 8.28. The molecule has 1 heterocycles. The lowest BCUT2D eigenvalue weighted by atomic mass is 9.74. The zero-order valence-corrected chi connectivity index (χ0v) is 16.7. The summed E-state index contributed by atoms with van der Waals surface area (Å²) in [6.45, 7) is 4.38. The third-order valence-corrected chi connectivity index (χ3v) is 6.64. The van der Waals surface area contributed by atoms with Crippen LogP contribution < -0.4 is 0 Å².